The topological polar surface area (TPSA) is 97.0 Å². The number of aliphatic hydroxyl groups excluding tert-OH is 1. The van der Waals surface area contributed by atoms with Crippen LogP contribution in [0.5, 0.6) is 0 Å². The van der Waals surface area contributed by atoms with E-state index in [0.29, 0.717) is 6.42 Å². The van der Waals surface area contributed by atoms with Crippen molar-refractivity contribution in [2.75, 3.05) is 0 Å². The number of hydrogen-bond donors (Lipinski definition) is 2. The summed E-state index contributed by atoms with van der Waals surface area (Å²) in [5.74, 6) is -1.74. The van der Waals surface area contributed by atoms with E-state index in [1.165, 1.54) is 0 Å². The van der Waals surface area contributed by atoms with Crippen molar-refractivity contribution in [1.82, 2.24) is 0 Å². The minimum Gasteiger partial charge on any atom is -0.460 e. The van der Waals surface area contributed by atoms with Crippen LogP contribution in [0.3, 0.4) is 0 Å². The molecule has 6 heteroatoms. The first-order chi connectivity index (χ1) is 11.8. The first-order valence-corrected chi connectivity index (χ1v) is 8.33. The lowest BCUT2D eigenvalue weighted by atomic mass is 9.51. The second kappa shape index (κ2) is 6.28. The summed E-state index contributed by atoms with van der Waals surface area (Å²) in [6.45, 7) is 4.33. The molecule has 0 amide bonds. The SMILES string of the molecule is CC1(C)CC(CCC(O)C(=O)C(=O)OO)(c2cc3ccccc3o2)C1. The smallest absolute Gasteiger partial charge is 0.410 e. The van der Waals surface area contributed by atoms with Gasteiger partial charge in [-0.25, -0.2) is 4.79 Å². The van der Waals surface area contributed by atoms with Crippen LogP contribution in [0.1, 0.15) is 45.3 Å². The molecule has 1 heterocycles. The lowest BCUT2D eigenvalue weighted by molar-refractivity contribution is -0.233. The maximum Gasteiger partial charge on any atom is 0.410 e. The fourth-order valence-electron chi connectivity index (χ4n) is 4.22. The number of rotatable bonds is 6. The van der Waals surface area contributed by atoms with E-state index in [4.69, 9.17) is 9.67 Å². The van der Waals surface area contributed by atoms with Crippen molar-refractivity contribution in [3.8, 4) is 0 Å². The van der Waals surface area contributed by atoms with Crippen molar-refractivity contribution >= 4 is 22.7 Å². The van der Waals surface area contributed by atoms with Gasteiger partial charge in [-0.05, 0) is 43.2 Å². The molecule has 1 atom stereocenters. The lowest BCUT2D eigenvalue weighted by Crippen LogP contribution is -2.47. The van der Waals surface area contributed by atoms with Gasteiger partial charge >= 0.3 is 5.97 Å². The van der Waals surface area contributed by atoms with Crippen molar-refractivity contribution < 1.29 is 29.3 Å². The van der Waals surface area contributed by atoms with Crippen LogP contribution in [0, 0.1) is 5.41 Å². The number of furan rings is 1. The molecule has 0 saturated heterocycles. The predicted octanol–water partition coefficient (Wildman–Crippen LogP) is 3.22. The number of benzene rings is 1. The molecule has 0 radical (unpaired) electrons. The number of fused-ring (bicyclic) bond motifs is 1. The molecule has 1 aliphatic carbocycles. The number of Topliss-reactive ketones (excluding diaryl/α,β-unsaturated/α-hetero) is 1. The Balaban J connectivity index is 1.80. The van der Waals surface area contributed by atoms with Gasteiger partial charge in [0.05, 0.1) is 0 Å². The van der Waals surface area contributed by atoms with Crippen molar-refractivity contribution in [2.45, 2.75) is 51.0 Å². The first kappa shape index (κ1) is 17.6. The number of para-hydroxylation sites is 1. The van der Waals surface area contributed by atoms with Gasteiger partial charge in [-0.1, -0.05) is 32.0 Å². The standard InChI is InChI=1S/C19H22O6/c1-18(2)10-19(11-18,8-7-13(20)16(21)17(22)25-23)15-9-12-5-3-4-6-14(12)24-15/h3-6,9,13,20,23H,7-8,10-11H2,1-2H3. The third kappa shape index (κ3) is 3.32. The maximum absolute atomic E-state index is 11.6. The second-order valence-corrected chi connectivity index (χ2v) is 7.74. The monoisotopic (exact) mass is 346 g/mol. The van der Waals surface area contributed by atoms with Gasteiger partial charge in [0.1, 0.15) is 17.4 Å². The van der Waals surface area contributed by atoms with Crippen molar-refractivity contribution in [3.63, 3.8) is 0 Å². The highest BCUT2D eigenvalue weighted by Crippen LogP contribution is 2.58. The molecule has 134 valence electrons. The highest BCUT2D eigenvalue weighted by molar-refractivity contribution is 6.35. The van der Waals surface area contributed by atoms with Crippen molar-refractivity contribution in [3.05, 3.63) is 36.1 Å². The molecule has 2 aromatic rings. The molecule has 3 rings (SSSR count). The van der Waals surface area contributed by atoms with Crippen molar-refractivity contribution in [1.29, 1.82) is 0 Å². The van der Waals surface area contributed by atoms with E-state index in [1.807, 2.05) is 30.3 Å². The summed E-state index contributed by atoms with van der Waals surface area (Å²) in [5.41, 5.74) is 0.687. The average molecular weight is 346 g/mol. The summed E-state index contributed by atoms with van der Waals surface area (Å²) >= 11 is 0. The van der Waals surface area contributed by atoms with Crippen LogP contribution >= 0.6 is 0 Å². The number of ketones is 1. The molecule has 1 aromatic carbocycles. The van der Waals surface area contributed by atoms with Crippen molar-refractivity contribution in [2.24, 2.45) is 5.41 Å². The molecule has 1 aliphatic rings. The van der Waals surface area contributed by atoms with Crippen LogP contribution in [0.2, 0.25) is 0 Å². The quantitative estimate of drug-likeness (QED) is 0.473. The maximum atomic E-state index is 11.6. The molecular formula is C19H22O6. The Morgan fingerprint density at radius 1 is 1.28 bits per heavy atom. The lowest BCUT2D eigenvalue weighted by Gasteiger charge is -2.52. The molecule has 1 unspecified atom stereocenters. The summed E-state index contributed by atoms with van der Waals surface area (Å²) in [4.78, 5) is 26.0. The molecule has 1 aromatic heterocycles. The van der Waals surface area contributed by atoms with Gasteiger partial charge in [-0.3, -0.25) is 9.68 Å². The highest BCUT2D eigenvalue weighted by atomic mass is 17.1. The normalized spacial score (nSPS) is 19.2. The van der Waals surface area contributed by atoms with Gasteiger partial charge < -0.3 is 9.52 Å². The van der Waals surface area contributed by atoms with E-state index >= 15 is 0 Å². The minimum absolute atomic E-state index is 0.0983. The average Bonchev–Trinajstić information content (AvgIpc) is 3.00. The molecule has 25 heavy (non-hydrogen) atoms. The van der Waals surface area contributed by atoms with E-state index in [2.05, 4.69) is 18.7 Å². The molecule has 6 nitrogen and oxygen atoms in total. The van der Waals surface area contributed by atoms with Gasteiger partial charge in [0.25, 0.3) is 5.78 Å². The van der Waals surface area contributed by atoms with Gasteiger partial charge in [-0.15, -0.1) is 0 Å². The van der Waals surface area contributed by atoms with Crippen LogP contribution in [0.4, 0.5) is 0 Å². The molecule has 2 N–H and O–H groups in total. The van der Waals surface area contributed by atoms with Crippen LogP contribution in [0.25, 0.3) is 11.0 Å². The fraction of sp³-hybridized carbons (Fsp3) is 0.474. The predicted molar refractivity (Wildman–Crippen MR) is 89.9 cm³/mol. The molecule has 1 saturated carbocycles. The van der Waals surface area contributed by atoms with E-state index < -0.39 is 17.9 Å². The van der Waals surface area contributed by atoms with Crippen LogP contribution in [-0.2, 0) is 19.9 Å². The third-order valence-corrected chi connectivity index (χ3v) is 5.07. The van der Waals surface area contributed by atoms with Crippen LogP contribution in [0.15, 0.2) is 34.7 Å². The fourth-order valence-corrected chi connectivity index (χ4v) is 4.22. The summed E-state index contributed by atoms with van der Waals surface area (Å²) < 4.78 is 6.03. The van der Waals surface area contributed by atoms with E-state index in [9.17, 15) is 14.7 Å². The van der Waals surface area contributed by atoms with Gasteiger partial charge in [0.2, 0.25) is 0 Å². The van der Waals surface area contributed by atoms with Crippen LogP contribution < -0.4 is 0 Å². The summed E-state index contributed by atoms with van der Waals surface area (Å²) in [6.07, 6.45) is 0.837. The number of carbonyl (C=O) groups is 2. The zero-order valence-corrected chi connectivity index (χ0v) is 14.3. The Kier molecular flexibility index (Phi) is 4.43. The molecule has 0 spiro atoms. The Hall–Kier alpha value is -2.18. The zero-order chi connectivity index (χ0) is 18.2. The minimum atomic E-state index is -1.50. The summed E-state index contributed by atoms with van der Waals surface area (Å²) in [7, 11) is 0. The summed E-state index contributed by atoms with van der Waals surface area (Å²) in [6, 6.07) is 9.76. The van der Waals surface area contributed by atoms with Gasteiger partial charge in [0.15, 0.2) is 0 Å². The number of hydrogen-bond acceptors (Lipinski definition) is 6. The Morgan fingerprint density at radius 3 is 2.56 bits per heavy atom. The largest absolute Gasteiger partial charge is 0.460 e. The van der Waals surface area contributed by atoms with E-state index in [0.717, 1.165) is 29.6 Å². The van der Waals surface area contributed by atoms with Gasteiger partial charge in [0, 0.05) is 10.8 Å². The van der Waals surface area contributed by atoms with Crippen LogP contribution in [-0.4, -0.2) is 28.2 Å². The molecule has 1 fully saturated rings. The van der Waals surface area contributed by atoms with Gasteiger partial charge in [-0.2, -0.15) is 5.26 Å². The Bertz CT molecular complexity index is 762. The Morgan fingerprint density at radius 2 is 1.96 bits per heavy atom. The molecule has 0 aliphatic heterocycles. The van der Waals surface area contributed by atoms with E-state index in [-0.39, 0.29) is 17.3 Å². The highest BCUT2D eigenvalue weighted by Gasteiger charge is 2.52. The Labute approximate surface area is 145 Å². The number of aliphatic hydroxyl groups is 1. The molecular weight excluding hydrogens is 324 g/mol. The zero-order valence-electron chi connectivity index (χ0n) is 14.3. The second-order valence-electron chi connectivity index (χ2n) is 7.74. The first-order valence-electron chi connectivity index (χ1n) is 8.33. The molecule has 0 bridgehead atoms. The van der Waals surface area contributed by atoms with E-state index in [1.54, 1.807) is 0 Å². The number of carbonyl (C=O) groups excluding carboxylic acids is 2. The third-order valence-electron chi connectivity index (χ3n) is 5.07. The summed E-state index contributed by atoms with van der Waals surface area (Å²) in [5, 5.41) is 19.2.